The first kappa shape index (κ1) is 27.8. The molecule has 1 amide bonds. The van der Waals surface area contributed by atoms with Crippen LogP contribution in [0, 0.1) is 0 Å². The minimum Gasteiger partial charge on any atom is -0.493 e. The van der Waals surface area contributed by atoms with Gasteiger partial charge in [-0.05, 0) is 39.0 Å². The molecule has 39 heavy (non-hydrogen) atoms. The lowest BCUT2D eigenvalue weighted by Gasteiger charge is -2.19. The molecule has 4 rings (SSSR count). The number of carbonyl (C=O) groups is 1. The Kier molecular flexibility index (Phi) is 8.02. The molecule has 0 saturated carbocycles. The van der Waals surface area contributed by atoms with Gasteiger partial charge in [0.1, 0.15) is 16.3 Å². The van der Waals surface area contributed by atoms with Gasteiger partial charge in [0.2, 0.25) is 11.6 Å². The molecule has 0 spiro atoms. The minimum absolute atomic E-state index is 0.152. The molecule has 0 aliphatic carbocycles. The minimum atomic E-state index is -0.643. The number of rotatable bonds is 8. The molecular weight excluding hydrogens is 548 g/mol. The van der Waals surface area contributed by atoms with E-state index in [1.54, 1.807) is 51.1 Å². The molecule has 0 atom stereocenters. The van der Waals surface area contributed by atoms with Crippen LogP contribution in [-0.2, 0) is 4.74 Å². The zero-order valence-corrected chi connectivity index (χ0v) is 23.6. The number of nitrogens with zero attached hydrogens (tertiary/aromatic N) is 3. The predicted octanol–water partition coefficient (Wildman–Crippen LogP) is 6.21. The highest BCUT2D eigenvalue weighted by atomic mass is 35.5. The number of aromatic nitrogens is 3. The van der Waals surface area contributed by atoms with E-state index < -0.39 is 11.7 Å². The van der Waals surface area contributed by atoms with Crippen LogP contribution >= 0.6 is 22.9 Å². The van der Waals surface area contributed by atoms with Crippen LogP contribution in [0.4, 0.5) is 27.1 Å². The first-order valence-electron chi connectivity index (χ1n) is 11.5. The van der Waals surface area contributed by atoms with Crippen molar-refractivity contribution in [1.82, 2.24) is 15.1 Å². The van der Waals surface area contributed by atoms with Gasteiger partial charge in [-0.3, -0.25) is 5.32 Å². The fourth-order valence-corrected chi connectivity index (χ4v) is 4.47. The van der Waals surface area contributed by atoms with Gasteiger partial charge in [0.25, 0.3) is 5.89 Å². The highest BCUT2D eigenvalue weighted by molar-refractivity contribution is 7.19. The van der Waals surface area contributed by atoms with Crippen LogP contribution in [0.2, 0.25) is 5.02 Å². The van der Waals surface area contributed by atoms with Crippen LogP contribution in [0.1, 0.15) is 20.8 Å². The summed E-state index contributed by atoms with van der Waals surface area (Å²) in [5, 5.41) is 10.7. The number of halogens is 1. The number of methoxy groups -OCH3 is 3. The van der Waals surface area contributed by atoms with Gasteiger partial charge in [0.15, 0.2) is 16.6 Å². The standard InChI is InChI=1S/C25H27ClN6O6S/c1-25(2,3)37-24(33)29-12-7-8-15(26)14(9-12)21-31-22(38-32-21)19-20(27)30-23(39-19)28-13-10-16(34-4)18(36-6)17(11-13)35-5/h7-11H,27H2,1-6H3,(H,28,30)(H,29,33). The van der Waals surface area contributed by atoms with Crippen LogP contribution in [0.15, 0.2) is 34.9 Å². The van der Waals surface area contributed by atoms with E-state index in [1.807, 2.05) is 0 Å². The molecule has 0 fully saturated rings. The van der Waals surface area contributed by atoms with Gasteiger partial charge in [0.05, 0.1) is 26.4 Å². The molecule has 2 aromatic carbocycles. The lowest BCUT2D eigenvalue weighted by atomic mass is 10.2. The summed E-state index contributed by atoms with van der Waals surface area (Å²) in [5.41, 5.74) is 7.05. The summed E-state index contributed by atoms with van der Waals surface area (Å²) in [4.78, 5) is 21.4. The number of anilines is 4. The van der Waals surface area contributed by atoms with Crippen molar-refractivity contribution in [2.45, 2.75) is 26.4 Å². The molecule has 0 radical (unpaired) electrons. The number of nitrogen functional groups attached to an aromatic ring is 1. The third-order valence-electron chi connectivity index (χ3n) is 5.04. The van der Waals surface area contributed by atoms with E-state index in [0.717, 1.165) is 0 Å². The van der Waals surface area contributed by atoms with E-state index in [4.69, 9.17) is 40.8 Å². The summed E-state index contributed by atoms with van der Waals surface area (Å²) in [6.45, 7) is 5.33. The third kappa shape index (κ3) is 6.44. The molecule has 0 aliphatic rings. The normalized spacial score (nSPS) is 11.2. The van der Waals surface area contributed by atoms with Crippen molar-refractivity contribution in [3.63, 3.8) is 0 Å². The van der Waals surface area contributed by atoms with Gasteiger partial charge in [-0.25, -0.2) is 9.78 Å². The molecule has 4 N–H and O–H groups in total. The van der Waals surface area contributed by atoms with Gasteiger partial charge in [0, 0.05) is 29.1 Å². The summed E-state index contributed by atoms with van der Waals surface area (Å²) >= 11 is 7.60. The number of benzene rings is 2. The molecule has 206 valence electrons. The van der Waals surface area contributed by atoms with Crippen molar-refractivity contribution < 1.29 is 28.3 Å². The molecule has 0 bridgehead atoms. The molecule has 12 nitrogen and oxygen atoms in total. The van der Waals surface area contributed by atoms with E-state index in [-0.39, 0.29) is 17.5 Å². The first-order valence-corrected chi connectivity index (χ1v) is 12.7. The summed E-state index contributed by atoms with van der Waals surface area (Å²) in [6.07, 6.45) is -0.603. The number of nitrogens with two attached hydrogens (primary N) is 1. The van der Waals surface area contributed by atoms with E-state index in [0.29, 0.717) is 49.2 Å². The third-order valence-corrected chi connectivity index (χ3v) is 6.35. The Labute approximate surface area is 233 Å². The maximum Gasteiger partial charge on any atom is 0.412 e. The Morgan fingerprint density at radius 3 is 2.33 bits per heavy atom. The molecule has 0 unspecified atom stereocenters. The number of ether oxygens (including phenoxy) is 4. The van der Waals surface area contributed by atoms with Gasteiger partial charge in [-0.2, -0.15) is 4.98 Å². The molecule has 14 heteroatoms. The highest BCUT2D eigenvalue weighted by Crippen LogP contribution is 2.42. The topological polar surface area (TPSA) is 156 Å². The zero-order chi connectivity index (χ0) is 28.3. The molecule has 4 aromatic rings. The summed E-state index contributed by atoms with van der Waals surface area (Å²) in [6, 6.07) is 8.35. The van der Waals surface area contributed by atoms with Crippen molar-refractivity contribution in [2.75, 3.05) is 37.7 Å². The van der Waals surface area contributed by atoms with E-state index in [9.17, 15) is 4.79 Å². The Hall–Kier alpha value is -4.23. The van der Waals surface area contributed by atoms with E-state index >= 15 is 0 Å². The summed E-state index contributed by atoms with van der Waals surface area (Å²) in [7, 11) is 4.59. The number of carbonyl (C=O) groups excluding carboxylic acids is 1. The van der Waals surface area contributed by atoms with Gasteiger partial charge < -0.3 is 34.5 Å². The number of nitrogens with one attached hydrogen (secondary N) is 2. The summed E-state index contributed by atoms with van der Waals surface area (Å²) in [5.74, 6) is 1.97. The van der Waals surface area contributed by atoms with Crippen LogP contribution in [0.5, 0.6) is 17.2 Å². The van der Waals surface area contributed by atoms with E-state index in [1.165, 1.54) is 32.7 Å². The molecular formula is C25H27ClN6O6S. The Balaban J connectivity index is 1.57. The van der Waals surface area contributed by atoms with Crippen LogP contribution in [-0.4, -0.2) is 48.1 Å². The smallest absolute Gasteiger partial charge is 0.412 e. The maximum atomic E-state index is 12.2. The molecule has 0 aliphatic heterocycles. The summed E-state index contributed by atoms with van der Waals surface area (Å²) < 4.78 is 26.9. The molecule has 0 saturated heterocycles. The van der Waals surface area contributed by atoms with Crippen LogP contribution in [0.25, 0.3) is 22.2 Å². The number of hydrogen-bond donors (Lipinski definition) is 3. The fourth-order valence-electron chi connectivity index (χ4n) is 3.44. The van der Waals surface area contributed by atoms with Crippen molar-refractivity contribution in [3.8, 4) is 39.4 Å². The largest absolute Gasteiger partial charge is 0.493 e. The fraction of sp³-hybridized carbons (Fsp3) is 0.280. The number of thiazole rings is 1. The molecule has 2 heterocycles. The van der Waals surface area contributed by atoms with Gasteiger partial charge in [-0.15, -0.1) is 0 Å². The van der Waals surface area contributed by atoms with Crippen molar-refractivity contribution >= 4 is 51.4 Å². The van der Waals surface area contributed by atoms with Crippen molar-refractivity contribution in [1.29, 1.82) is 0 Å². The lowest BCUT2D eigenvalue weighted by Crippen LogP contribution is -2.27. The Morgan fingerprint density at radius 1 is 1.03 bits per heavy atom. The monoisotopic (exact) mass is 574 g/mol. The Morgan fingerprint density at radius 2 is 1.72 bits per heavy atom. The average molecular weight is 575 g/mol. The van der Waals surface area contributed by atoms with Gasteiger partial charge in [-0.1, -0.05) is 28.1 Å². The first-order chi connectivity index (χ1) is 18.5. The zero-order valence-electron chi connectivity index (χ0n) is 22.0. The van der Waals surface area contributed by atoms with Crippen molar-refractivity contribution in [2.24, 2.45) is 0 Å². The SMILES string of the molecule is COc1cc(Nc2nc(N)c(-c3nc(-c4cc(NC(=O)OC(C)(C)C)ccc4Cl)no3)s2)cc(OC)c1OC. The van der Waals surface area contributed by atoms with Crippen LogP contribution in [0.3, 0.4) is 0 Å². The average Bonchev–Trinajstić information content (AvgIpc) is 3.49. The maximum absolute atomic E-state index is 12.2. The quantitative estimate of drug-likeness (QED) is 0.220. The van der Waals surface area contributed by atoms with Crippen molar-refractivity contribution in [3.05, 3.63) is 35.4 Å². The number of amides is 1. The lowest BCUT2D eigenvalue weighted by molar-refractivity contribution is 0.0636. The second kappa shape index (κ2) is 11.3. The molecule has 2 aromatic heterocycles. The second-order valence-electron chi connectivity index (χ2n) is 9.02. The highest BCUT2D eigenvalue weighted by Gasteiger charge is 2.21. The second-order valence-corrected chi connectivity index (χ2v) is 10.4. The van der Waals surface area contributed by atoms with Gasteiger partial charge >= 0.3 is 6.09 Å². The van der Waals surface area contributed by atoms with E-state index in [2.05, 4.69) is 25.8 Å². The Bertz CT molecular complexity index is 1470. The number of hydrogen-bond acceptors (Lipinski definition) is 12. The predicted molar refractivity (Wildman–Crippen MR) is 150 cm³/mol. The van der Waals surface area contributed by atoms with Crippen LogP contribution < -0.4 is 30.6 Å².